The fourth-order valence-corrected chi connectivity index (χ4v) is 4.07. The van der Waals surface area contributed by atoms with Crippen LogP contribution in [0.15, 0.2) is 67.0 Å². The lowest BCUT2D eigenvalue weighted by Crippen LogP contribution is -2.46. The van der Waals surface area contributed by atoms with Crippen molar-refractivity contribution in [3.05, 3.63) is 100 Å². The summed E-state index contributed by atoms with van der Waals surface area (Å²) in [4.78, 5) is 44.6. The van der Waals surface area contributed by atoms with Gasteiger partial charge in [-0.1, -0.05) is 30.3 Å². The molecule has 0 spiro atoms. The summed E-state index contributed by atoms with van der Waals surface area (Å²) in [5.74, 6) is -0.460. The number of hydrogen-bond donors (Lipinski definition) is 1. The standard InChI is InChI=1S/C27H27N3O3/c1-18-9-10-20(16-19(18)2)25(31)23-7-3-4-8-24(23)27(33)30-14-11-22(12-15-30)29-26(32)21-6-5-13-28-17-21/h3-10,13,16-17,22H,11-12,14-15H2,1-2H3,(H,29,32). The van der Waals surface area contributed by atoms with Gasteiger partial charge in [-0.05, 0) is 62.1 Å². The zero-order valence-electron chi connectivity index (χ0n) is 18.9. The molecule has 2 amide bonds. The third kappa shape index (κ3) is 5.00. The molecule has 1 aromatic heterocycles. The van der Waals surface area contributed by atoms with Crippen LogP contribution in [0.1, 0.15) is 60.6 Å². The number of aryl methyl sites for hydroxylation is 2. The maximum Gasteiger partial charge on any atom is 0.254 e. The summed E-state index contributed by atoms with van der Waals surface area (Å²) < 4.78 is 0. The van der Waals surface area contributed by atoms with E-state index >= 15 is 0 Å². The van der Waals surface area contributed by atoms with E-state index in [0.29, 0.717) is 48.2 Å². The summed E-state index contributed by atoms with van der Waals surface area (Å²) in [6.45, 7) is 5.01. The summed E-state index contributed by atoms with van der Waals surface area (Å²) >= 11 is 0. The van der Waals surface area contributed by atoms with E-state index in [1.807, 2.05) is 32.0 Å². The van der Waals surface area contributed by atoms with E-state index in [1.54, 1.807) is 47.5 Å². The second-order valence-corrected chi connectivity index (χ2v) is 8.46. The molecule has 1 fully saturated rings. The Balaban J connectivity index is 1.44. The van der Waals surface area contributed by atoms with Crippen molar-refractivity contribution in [1.82, 2.24) is 15.2 Å². The molecule has 2 aromatic carbocycles. The SMILES string of the molecule is Cc1ccc(C(=O)c2ccccc2C(=O)N2CCC(NC(=O)c3cccnc3)CC2)cc1C. The lowest BCUT2D eigenvalue weighted by Gasteiger charge is -2.32. The summed E-state index contributed by atoms with van der Waals surface area (Å²) in [6.07, 6.45) is 4.48. The van der Waals surface area contributed by atoms with Gasteiger partial charge in [0.25, 0.3) is 11.8 Å². The van der Waals surface area contributed by atoms with Crippen LogP contribution >= 0.6 is 0 Å². The first-order valence-corrected chi connectivity index (χ1v) is 11.1. The third-order valence-electron chi connectivity index (χ3n) is 6.21. The molecule has 0 bridgehead atoms. The van der Waals surface area contributed by atoms with Crippen molar-refractivity contribution in [2.45, 2.75) is 32.7 Å². The van der Waals surface area contributed by atoms with E-state index in [-0.39, 0.29) is 23.6 Å². The number of benzene rings is 2. The zero-order valence-corrected chi connectivity index (χ0v) is 18.9. The lowest BCUT2D eigenvalue weighted by molar-refractivity contribution is 0.0694. The lowest BCUT2D eigenvalue weighted by atomic mass is 9.95. The van der Waals surface area contributed by atoms with Gasteiger partial charge in [-0.15, -0.1) is 0 Å². The number of ketones is 1. The van der Waals surface area contributed by atoms with Gasteiger partial charge in [0.2, 0.25) is 0 Å². The van der Waals surface area contributed by atoms with Crippen molar-refractivity contribution in [3.63, 3.8) is 0 Å². The topological polar surface area (TPSA) is 79.4 Å². The van der Waals surface area contributed by atoms with Crippen LogP contribution in [0, 0.1) is 13.8 Å². The number of aromatic nitrogens is 1. The molecule has 1 aliphatic rings. The van der Waals surface area contributed by atoms with Crippen molar-refractivity contribution in [1.29, 1.82) is 0 Å². The van der Waals surface area contributed by atoms with Crippen LogP contribution in [0.4, 0.5) is 0 Å². The van der Waals surface area contributed by atoms with Gasteiger partial charge in [0, 0.05) is 42.7 Å². The van der Waals surface area contributed by atoms with Gasteiger partial charge in [0.15, 0.2) is 5.78 Å². The monoisotopic (exact) mass is 441 g/mol. The minimum atomic E-state index is -0.155. The summed E-state index contributed by atoms with van der Waals surface area (Å²) in [7, 11) is 0. The maximum atomic E-state index is 13.3. The van der Waals surface area contributed by atoms with Crippen molar-refractivity contribution in [3.8, 4) is 0 Å². The van der Waals surface area contributed by atoms with E-state index in [9.17, 15) is 14.4 Å². The van der Waals surface area contributed by atoms with Gasteiger partial charge in [-0.3, -0.25) is 19.4 Å². The predicted octanol–water partition coefficient (Wildman–Crippen LogP) is 3.96. The Bertz CT molecular complexity index is 1180. The molecule has 0 atom stereocenters. The second-order valence-electron chi connectivity index (χ2n) is 8.46. The molecule has 4 rings (SSSR count). The Morgan fingerprint density at radius 3 is 2.27 bits per heavy atom. The van der Waals surface area contributed by atoms with Crippen LogP contribution in [0.2, 0.25) is 0 Å². The molecule has 0 unspecified atom stereocenters. The molecule has 33 heavy (non-hydrogen) atoms. The molecular formula is C27H27N3O3. The highest BCUT2D eigenvalue weighted by Crippen LogP contribution is 2.21. The quantitative estimate of drug-likeness (QED) is 0.608. The van der Waals surface area contributed by atoms with Gasteiger partial charge in [0.1, 0.15) is 0 Å². The molecule has 3 aromatic rings. The average molecular weight is 442 g/mol. The van der Waals surface area contributed by atoms with Crippen LogP contribution in [0.25, 0.3) is 0 Å². The number of pyridine rings is 1. The van der Waals surface area contributed by atoms with Crippen molar-refractivity contribution in [2.75, 3.05) is 13.1 Å². The zero-order chi connectivity index (χ0) is 23.4. The summed E-state index contributed by atoms with van der Waals surface area (Å²) in [5, 5.41) is 3.02. The highest BCUT2D eigenvalue weighted by atomic mass is 16.2. The smallest absolute Gasteiger partial charge is 0.254 e. The molecule has 0 saturated carbocycles. The van der Waals surface area contributed by atoms with Crippen molar-refractivity contribution in [2.24, 2.45) is 0 Å². The predicted molar refractivity (Wildman–Crippen MR) is 126 cm³/mol. The second kappa shape index (κ2) is 9.77. The Hall–Kier alpha value is -3.80. The number of carbonyl (C=O) groups excluding carboxylic acids is 3. The van der Waals surface area contributed by atoms with Gasteiger partial charge in [-0.2, -0.15) is 0 Å². The molecule has 1 N–H and O–H groups in total. The third-order valence-corrected chi connectivity index (χ3v) is 6.21. The van der Waals surface area contributed by atoms with Crippen molar-refractivity contribution < 1.29 is 14.4 Å². The Kier molecular flexibility index (Phi) is 6.63. The van der Waals surface area contributed by atoms with E-state index in [4.69, 9.17) is 0 Å². The van der Waals surface area contributed by atoms with E-state index < -0.39 is 0 Å². The Morgan fingerprint density at radius 2 is 1.61 bits per heavy atom. The Morgan fingerprint density at radius 1 is 0.879 bits per heavy atom. The van der Waals surface area contributed by atoms with Gasteiger partial charge >= 0.3 is 0 Å². The van der Waals surface area contributed by atoms with Crippen molar-refractivity contribution >= 4 is 17.6 Å². The van der Waals surface area contributed by atoms with Crippen LogP contribution < -0.4 is 5.32 Å². The molecule has 6 heteroatoms. The maximum absolute atomic E-state index is 13.3. The number of amides is 2. The highest BCUT2D eigenvalue weighted by molar-refractivity contribution is 6.15. The first-order chi connectivity index (χ1) is 15.9. The molecule has 1 saturated heterocycles. The number of nitrogens with zero attached hydrogens (tertiary/aromatic N) is 2. The van der Waals surface area contributed by atoms with E-state index in [2.05, 4.69) is 10.3 Å². The van der Waals surface area contributed by atoms with E-state index in [0.717, 1.165) is 11.1 Å². The summed E-state index contributed by atoms with van der Waals surface area (Å²) in [6, 6.07) is 16.1. The van der Waals surface area contributed by atoms with Gasteiger partial charge in [-0.25, -0.2) is 0 Å². The number of rotatable bonds is 5. The first kappa shape index (κ1) is 22.4. The van der Waals surface area contributed by atoms with Gasteiger partial charge in [0.05, 0.1) is 11.1 Å². The normalized spacial score (nSPS) is 14.1. The molecule has 168 valence electrons. The minimum Gasteiger partial charge on any atom is -0.349 e. The number of likely N-dealkylation sites (tertiary alicyclic amines) is 1. The Labute approximate surface area is 193 Å². The first-order valence-electron chi connectivity index (χ1n) is 11.1. The highest BCUT2D eigenvalue weighted by Gasteiger charge is 2.27. The van der Waals surface area contributed by atoms with Crippen LogP contribution in [0.3, 0.4) is 0 Å². The van der Waals surface area contributed by atoms with Crippen LogP contribution in [-0.4, -0.2) is 46.6 Å². The van der Waals surface area contributed by atoms with Crippen LogP contribution in [-0.2, 0) is 0 Å². The number of carbonyl (C=O) groups is 3. The molecule has 2 heterocycles. The van der Waals surface area contributed by atoms with Crippen LogP contribution in [0.5, 0.6) is 0 Å². The number of piperidine rings is 1. The number of hydrogen-bond acceptors (Lipinski definition) is 4. The van der Waals surface area contributed by atoms with E-state index in [1.165, 1.54) is 6.20 Å². The molecular weight excluding hydrogens is 414 g/mol. The molecule has 0 radical (unpaired) electrons. The molecule has 6 nitrogen and oxygen atoms in total. The summed E-state index contributed by atoms with van der Waals surface area (Å²) in [5.41, 5.74) is 4.09. The molecule has 1 aliphatic heterocycles. The van der Waals surface area contributed by atoms with Gasteiger partial charge < -0.3 is 10.2 Å². The minimum absolute atomic E-state index is 0.00540. The fraction of sp³-hybridized carbons (Fsp3) is 0.259. The average Bonchev–Trinajstić information content (AvgIpc) is 2.86. The fourth-order valence-electron chi connectivity index (χ4n) is 4.07. The number of nitrogens with one attached hydrogen (secondary N) is 1. The molecule has 0 aliphatic carbocycles. The largest absolute Gasteiger partial charge is 0.349 e.